The lowest BCUT2D eigenvalue weighted by molar-refractivity contribution is 0.545. The number of hydrogen-bond donors (Lipinski definition) is 0. The lowest BCUT2D eigenvalue weighted by atomic mass is 9.97. The quantitative estimate of drug-likeness (QED) is 0.537. The molecule has 0 radical (unpaired) electrons. The predicted octanol–water partition coefficient (Wildman–Crippen LogP) is 3.19. The van der Waals surface area contributed by atoms with Gasteiger partial charge in [0.1, 0.15) is 0 Å². The van der Waals surface area contributed by atoms with Crippen LogP contribution >= 0.6 is 0 Å². The second-order valence-electron chi connectivity index (χ2n) is 3.51. The maximum atomic E-state index is 4.00. The van der Waals surface area contributed by atoms with Crippen LogP contribution in [0.4, 0.5) is 0 Å². The van der Waals surface area contributed by atoms with Crippen molar-refractivity contribution < 1.29 is 0 Å². The molecule has 0 aliphatic rings. The minimum Gasteiger partial charge on any atom is -0.265 e. The van der Waals surface area contributed by atoms with Gasteiger partial charge in [-0.15, -0.1) is 0 Å². The summed E-state index contributed by atoms with van der Waals surface area (Å²) in [6, 6.07) is 0. The van der Waals surface area contributed by atoms with Crippen LogP contribution in [-0.4, -0.2) is 6.21 Å². The lowest BCUT2D eigenvalue weighted by Crippen LogP contribution is -1.98. The highest BCUT2D eigenvalue weighted by Gasteiger charge is 2.01. The van der Waals surface area contributed by atoms with Crippen molar-refractivity contribution in [1.29, 1.82) is 0 Å². The average Bonchev–Trinajstić information content (AvgIpc) is 1.85. The molecule has 0 heterocycles. The molecule has 0 saturated carbocycles. The first kappa shape index (κ1) is 10.2. The third kappa shape index (κ3) is 9.15. The molecule has 0 aromatic rings. The van der Waals surface area contributed by atoms with E-state index in [2.05, 4.69) is 31.8 Å². The summed E-state index contributed by atoms with van der Waals surface area (Å²) in [5.74, 6) is 0. The van der Waals surface area contributed by atoms with Crippen LogP contribution in [0.15, 0.2) is 29.4 Å². The van der Waals surface area contributed by atoms with E-state index in [1.807, 2.05) is 19.1 Å². The van der Waals surface area contributed by atoms with Crippen LogP contribution in [0.5, 0.6) is 0 Å². The fourth-order valence-corrected chi connectivity index (χ4v) is 0.517. The van der Waals surface area contributed by atoms with Crippen molar-refractivity contribution >= 4 is 6.21 Å². The minimum absolute atomic E-state index is 0.252. The van der Waals surface area contributed by atoms with Crippen LogP contribution in [0.2, 0.25) is 0 Å². The van der Waals surface area contributed by atoms with E-state index in [0.717, 1.165) is 0 Å². The third-order valence-corrected chi connectivity index (χ3v) is 1.00. The van der Waals surface area contributed by atoms with Crippen molar-refractivity contribution in [2.45, 2.75) is 27.7 Å². The molecule has 0 unspecified atom stereocenters. The number of allylic oxidation sites excluding steroid dienone is 3. The molecule has 0 fully saturated rings. The molecule has 0 amide bonds. The van der Waals surface area contributed by atoms with Crippen molar-refractivity contribution in [3.63, 3.8) is 0 Å². The van der Waals surface area contributed by atoms with E-state index in [9.17, 15) is 0 Å². The molecule has 0 rings (SSSR count). The van der Waals surface area contributed by atoms with Gasteiger partial charge < -0.3 is 0 Å². The van der Waals surface area contributed by atoms with E-state index in [1.165, 1.54) is 0 Å². The molecule has 62 valence electrons. The summed E-state index contributed by atoms with van der Waals surface area (Å²) >= 11 is 0. The van der Waals surface area contributed by atoms with Crippen LogP contribution in [0.1, 0.15) is 27.7 Å². The molecule has 11 heavy (non-hydrogen) atoms. The van der Waals surface area contributed by atoms with Crippen LogP contribution in [0, 0.1) is 5.41 Å². The van der Waals surface area contributed by atoms with E-state index in [-0.39, 0.29) is 5.41 Å². The summed E-state index contributed by atoms with van der Waals surface area (Å²) in [7, 11) is 0. The van der Waals surface area contributed by atoms with Crippen molar-refractivity contribution in [2.75, 3.05) is 0 Å². The summed E-state index contributed by atoms with van der Waals surface area (Å²) in [6.45, 7) is 8.43. The Kier molecular flexibility index (Phi) is 4.51. The Labute approximate surface area is 69.5 Å². The van der Waals surface area contributed by atoms with Crippen molar-refractivity contribution in [3.8, 4) is 0 Å². The van der Waals surface area contributed by atoms with Gasteiger partial charge in [-0.2, -0.15) is 0 Å². The Morgan fingerprint density at radius 2 is 1.82 bits per heavy atom. The molecule has 0 aliphatic heterocycles. The van der Waals surface area contributed by atoms with E-state index in [4.69, 9.17) is 0 Å². The first-order chi connectivity index (χ1) is 5.06. The first-order valence-corrected chi connectivity index (χ1v) is 3.88. The largest absolute Gasteiger partial charge is 0.265 e. The van der Waals surface area contributed by atoms with Gasteiger partial charge in [-0.05, 0) is 18.4 Å². The van der Waals surface area contributed by atoms with Gasteiger partial charge in [-0.3, -0.25) is 4.99 Å². The fourth-order valence-electron chi connectivity index (χ4n) is 0.517. The van der Waals surface area contributed by atoms with Gasteiger partial charge in [0.25, 0.3) is 0 Å². The minimum atomic E-state index is 0.252. The zero-order valence-corrected chi connectivity index (χ0v) is 7.83. The Morgan fingerprint density at radius 3 is 2.27 bits per heavy atom. The predicted molar refractivity (Wildman–Crippen MR) is 51.9 cm³/mol. The molecule has 0 atom stereocenters. The molecule has 0 aromatic carbocycles. The second-order valence-corrected chi connectivity index (χ2v) is 3.51. The topological polar surface area (TPSA) is 12.4 Å². The molecular weight excluding hydrogens is 134 g/mol. The van der Waals surface area contributed by atoms with Crippen LogP contribution in [0.25, 0.3) is 0 Å². The Morgan fingerprint density at radius 1 is 1.18 bits per heavy atom. The van der Waals surface area contributed by atoms with Gasteiger partial charge in [0.15, 0.2) is 0 Å². The summed E-state index contributed by atoms with van der Waals surface area (Å²) < 4.78 is 0. The van der Waals surface area contributed by atoms with Crippen LogP contribution in [-0.2, 0) is 0 Å². The van der Waals surface area contributed by atoms with Gasteiger partial charge in [-0.1, -0.05) is 32.9 Å². The Hall–Kier alpha value is -0.850. The molecule has 0 bridgehead atoms. The van der Waals surface area contributed by atoms with Crippen molar-refractivity contribution in [3.05, 3.63) is 24.4 Å². The molecule has 0 spiro atoms. The zero-order chi connectivity index (χ0) is 8.74. The SMILES string of the molecule is C\C=C/N=C\C=C\C(C)(C)C. The van der Waals surface area contributed by atoms with Gasteiger partial charge in [0.05, 0.1) is 0 Å². The van der Waals surface area contributed by atoms with Crippen LogP contribution in [0.3, 0.4) is 0 Å². The third-order valence-electron chi connectivity index (χ3n) is 1.00. The molecule has 0 aromatic heterocycles. The molecule has 0 saturated heterocycles. The number of rotatable bonds is 2. The van der Waals surface area contributed by atoms with Gasteiger partial charge in [0.2, 0.25) is 0 Å². The zero-order valence-electron chi connectivity index (χ0n) is 7.83. The summed E-state index contributed by atoms with van der Waals surface area (Å²) in [5.41, 5.74) is 0.252. The standard InChI is InChI=1S/C10H17N/c1-5-8-11-9-6-7-10(2,3)4/h5-9H,1-4H3/b7-6+,8-5-,11-9-. The molecule has 1 heteroatoms. The highest BCUT2D eigenvalue weighted by molar-refractivity contribution is 5.71. The van der Waals surface area contributed by atoms with Crippen molar-refractivity contribution in [1.82, 2.24) is 0 Å². The highest BCUT2D eigenvalue weighted by Crippen LogP contribution is 2.13. The van der Waals surface area contributed by atoms with Gasteiger partial charge >= 0.3 is 0 Å². The summed E-state index contributed by atoms with van der Waals surface area (Å²) in [6.07, 6.45) is 9.57. The maximum Gasteiger partial charge on any atom is 0.0264 e. The van der Waals surface area contributed by atoms with Gasteiger partial charge in [-0.25, -0.2) is 0 Å². The molecular formula is C10H17N. The fraction of sp³-hybridized carbons (Fsp3) is 0.500. The van der Waals surface area contributed by atoms with E-state index < -0.39 is 0 Å². The lowest BCUT2D eigenvalue weighted by Gasteiger charge is -2.09. The number of nitrogens with zero attached hydrogens (tertiary/aromatic N) is 1. The average molecular weight is 151 g/mol. The van der Waals surface area contributed by atoms with E-state index >= 15 is 0 Å². The van der Waals surface area contributed by atoms with Gasteiger partial charge in [0, 0.05) is 12.4 Å². The second kappa shape index (κ2) is 4.89. The highest BCUT2D eigenvalue weighted by atomic mass is 14.6. The van der Waals surface area contributed by atoms with Crippen molar-refractivity contribution in [2.24, 2.45) is 10.4 Å². The first-order valence-electron chi connectivity index (χ1n) is 3.88. The van der Waals surface area contributed by atoms with Crippen LogP contribution < -0.4 is 0 Å². The molecule has 0 aliphatic carbocycles. The Balaban J connectivity index is 3.78. The normalized spacial score (nSPS) is 14.2. The maximum absolute atomic E-state index is 4.00. The summed E-state index contributed by atoms with van der Waals surface area (Å²) in [5, 5.41) is 0. The van der Waals surface area contributed by atoms with E-state index in [1.54, 1.807) is 12.4 Å². The molecule has 1 nitrogen and oxygen atoms in total. The number of aliphatic imine (C=N–C) groups is 1. The smallest absolute Gasteiger partial charge is 0.0264 e. The molecule has 0 N–H and O–H groups in total. The Bertz CT molecular complexity index is 168. The summed E-state index contributed by atoms with van der Waals surface area (Å²) in [4.78, 5) is 4.00. The monoisotopic (exact) mass is 151 g/mol. The number of hydrogen-bond acceptors (Lipinski definition) is 1. The van der Waals surface area contributed by atoms with E-state index in [0.29, 0.717) is 0 Å².